The minimum Gasteiger partial charge on any atom is -0.374 e. The Morgan fingerprint density at radius 1 is 1.36 bits per heavy atom. The first kappa shape index (κ1) is 17.1. The average Bonchev–Trinajstić information content (AvgIpc) is 2.95. The summed E-state index contributed by atoms with van der Waals surface area (Å²) in [7, 11) is 0. The number of nitrogens with one attached hydrogen (secondary N) is 3. The van der Waals surface area contributed by atoms with Crippen LogP contribution in [0.5, 0.6) is 0 Å². The second-order valence-electron chi connectivity index (χ2n) is 6.19. The van der Waals surface area contributed by atoms with E-state index in [-0.39, 0.29) is 18.0 Å². The zero-order valence-electron chi connectivity index (χ0n) is 13.6. The van der Waals surface area contributed by atoms with Crippen molar-refractivity contribution in [2.75, 3.05) is 16.4 Å². The van der Waals surface area contributed by atoms with Crippen LogP contribution in [0.2, 0.25) is 0 Å². The number of carbonyl (C=O) groups excluding carboxylic acids is 2. The minimum atomic E-state index is -0.823. The quantitative estimate of drug-likeness (QED) is 0.665. The van der Waals surface area contributed by atoms with Gasteiger partial charge in [0.25, 0.3) is 0 Å². The SMILES string of the molecule is CC(C)(NC(=O)Nc1cc(F)cc2c1NC(=O)CC2)c1nnc(N)s1. The van der Waals surface area contributed by atoms with Gasteiger partial charge in [-0.2, -0.15) is 0 Å². The first-order valence-corrected chi connectivity index (χ1v) is 8.37. The zero-order chi connectivity index (χ0) is 18.2. The van der Waals surface area contributed by atoms with Gasteiger partial charge < -0.3 is 21.7 Å². The van der Waals surface area contributed by atoms with Crippen LogP contribution in [-0.4, -0.2) is 22.1 Å². The monoisotopic (exact) mass is 364 g/mol. The maximum absolute atomic E-state index is 13.8. The Balaban J connectivity index is 1.79. The number of urea groups is 1. The molecule has 2 heterocycles. The summed E-state index contributed by atoms with van der Waals surface area (Å²) >= 11 is 1.16. The van der Waals surface area contributed by atoms with E-state index >= 15 is 0 Å². The molecule has 132 valence electrons. The van der Waals surface area contributed by atoms with E-state index in [9.17, 15) is 14.0 Å². The third kappa shape index (κ3) is 3.68. The average molecular weight is 364 g/mol. The largest absolute Gasteiger partial charge is 0.374 e. The van der Waals surface area contributed by atoms with Crippen molar-refractivity contribution in [2.45, 2.75) is 32.2 Å². The van der Waals surface area contributed by atoms with Crippen LogP contribution >= 0.6 is 11.3 Å². The Labute approximate surface area is 147 Å². The van der Waals surface area contributed by atoms with E-state index < -0.39 is 17.4 Å². The fraction of sp³-hybridized carbons (Fsp3) is 0.333. The van der Waals surface area contributed by atoms with Crippen LogP contribution in [0.25, 0.3) is 0 Å². The number of hydrogen-bond acceptors (Lipinski definition) is 6. The summed E-state index contributed by atoms with van der Waals surface area (Å²) < 4.78 is 13.8. The zero-order valence-corrected chi connectivity index (χ0v) is 14.5. The molecule has 1 aliphatic heterocycles. The molecule has 0 spiro atoms. The highest BCUT2D eigenvalue weighted by atomic mass is 32.1. The van der Waals surface area contributed by atoms with Gasteiger partial charge in [0.05, 0.1) is 16.9 Å². The van der Waals surface area contributed by atoms with E-state index in [1.807, 2.05) is 0 Å². The summed E-state index contributed by atoms with van der Waals surface area (Å²) in [6.07, 6.45) is 0.707. The molecular weight excluding hydrogens is 347 g/mol. The van der Waals surface area contributed by atoms with Gasteiger partial charge in [-0.15, -0.1) is 10.2 Å². The number of aromatic nitrogens is 2. The van der Waals surface area contributed by atoms with Gasteiger partial charge in [-0.25, -0.2) is 9.18 Å². The lowest BCUT2D eigenvalue weighted by Crippen LogP contribution is -2.43. The van der Waals surface area contributed by atoms with Crippen LogP contribution in [0.4, 0.5) is 25.7 Å². The second kappa shape index (κ2) is 6.28. The Hall–Kier alpha value is -2.75. The number of aryl methyl sites for hydroxylation is 1. The van der Waals surface area contributed by atoms with Crippen molar-refractivity contribution in [1.29, 1.82) is 0 Å². The highest BCUT2D eigenvalue weighted by molar-refractivity contribution is 7.15. The van der Waals surface area contributed by atoms with Crippen molar-refractivity contribution in [3.8, 4) is 0 Å². The van der Waals surface area contributed by atoms with Gasteiger partial charge >= 0.3 is 6.03 Å². The number of benzene rings is 1. The molecular formula is C15H17FN6O2S. The number of anilines is 3. The summed E-state index contributed by atoms with van der Waals surface area (Å²) in [4.78, 5) is 24.0. The number of halogens is 1. The summed E-state index contributed by atoms with van der Waals surface area (Å²) in [5.74, 6) is -0.659. The molecule has 2 aromatic rings. The van der Waals surface area contributed by atoms with Crippen LogP contribution in [0.15, 0.2) is 12.1 Å². The number of fused-ring (bicyclic) bond motifs is 1. The second-order valence-corrected chi connectivity index (χ2v) is 7.19. The minimum absolute atomic E-state index is 0.174. The van der Waals surface area contributed by atoms with Crippen molar-refractivity contribution < 1.29 is 14.0 Å². The summed E-state index contributed by atoms with van der Waals surface area (Å²) in [5.41, 5.74) is 6.02. The lowest BCUT2D eigenvalue weighted by Gasteiger charge is -2.25. The molecule has 0 radical (unpaired) electrons. The van der Waals surface area contributed by atoms with E-state index in [0.29, 0.717) is 27.8 Å². The Morgan fingerprint density at radius 2 is 2.12 bits per heavy atom. The van der Waals surface area contributed by atoms with Gasteiger partial charge in [0.2, 0.25) is 11.0 Å². The van der Waals surface area contributed by atoms with Gasteiger partial charge in [-0.05, 0) is 38.0 Å². The van der Waals surface area contributed by atoms with Gasteiger partial charge in [0.15, 0.2) is 0 Å². The molecule has 0 saturated heterocycles. The Morgan fingerprint density at radius 3 is 2.80 bits per heavy atom. The Kier molecular flexibility index (Phi) is 4.29. The number of amides is 3. The molecule has 0 atom stereocenters. The molecule has 0 unspecified atom stereocenters. The Bertz CT molecular complexity index is 851. The fourth-order valence-electron chi connectivity index (χ4n) is 2.53. The van der Waals surface area contributed by atoms with Crippen molar-refractivity contribution >= 4 is 39.8 Å². The highest BCUT2D eigenvalue weighted by Crippen LogP contribution is 2.32. The van der Waals surface area contributed by atoms with Crippen LogP contribution in [0.3, 0.4) is 0 Å². The molecule has 1 aliphatic rings. The molecule has 0 fully saturated rings. The molecule has 3 rings (SSSR count). The van der Waals surface area contributed by atoms with E-state index in [1.165, 1.54) is 12.1 Å². The first-order chi connectivity index (χ1) is 11.7. The van der Waals surface area contributed by atoms with Crippen molar-refractivity contribution in [3.05, 3.63) is 28.5 Å². The maximum Gasteiger partial charge on any atom is 0.320 e. The summed E-state index contributed by atoms with van der Waals surface area (Å²) in [6, 6.07) is 1.96. The molecule has 10 heteroatoms. The number of carbonyl (C=O) groups is 2. The molecule has 3 amide bonds. The van der Waals surface area contributed by atoms with E-state index in [2.05, 4.69) is 26.1 Å². The van der Waals surface area contributed by atoms with Gasteiger partial charge in [0.1, 0.15) is 10.8 Å². The van der Waals surface area contributed by atoms with Crippen molar-refractivity contribution in [3.63, 3.8) is 0 Å². The van der Waals surface area contributed by atoms with Crippen LogP contribution in [-0.2, 0) is 16.8 Å². The molecule has 0 saturated carbocycles. The molecule has 1 aromatic heterocycles. The maximum atomic E-state index is 13.8. The lowest BCUT2D eigenvalue weighted by molar-refractivity contribution is -0.116. The molecule has 8 nitrogen and oxygen atoms in total. The summed E-state index contributed by atoms with van der Waals surface area (Å²) in [6.45, 7) is 3.49. The molecule has 0 bridgehead atoms. The smallest absolute Gasteiger partial charge is 0.320 e. The third-order valence-corrected chi connectivity index (χ3v) is 4.80. The van der Waals surface area contributed by atoms with E-state index in [0.717, 1.165) is 11.3 Å². The predicted octanol–water partition coefficient (Wildman–Crippen LogP) is 2.20. The standard InChI is InChI=1S/C15H17FN6O2S/c1-15(2,12-21-22-13(17)25-12)20-14(24)18-9-6-8(16)5-7-3-4-10(23)19-11(7)9/h5-6H,3-4H2,1-2H3,(H2,17,22)(H,19,23)(H2,18,20,24). The van der Waals surface area contributed by atoms with Gasteiger partial charge in [-0.3, -0.25) is 4.79 Å². The third-order valence-electron chi connectivity index (χ3n) is 3.72. The molecule has 5 N–H and O–H groups in total. The topological polar surface area (TPSA) is 122 Å². The predicted molar refractivity (Wildman–Crippen MR) is 92.9 cm³/mol. The number of hydrogen-bond donors (Lipinski definition) is 4. The number of nitrogens with two attached hydrogens (primary N) is 1. The number of rotatable bonds is 3. The fourth-order valence-corrected chi connectivity index (χ4v) is 3.20. The highest BCUT2D eigenvalue weighted by Gasteiger charge is 2.28. The summed E-state index contributed by atoms with van der Waals surface area (Å²) in [5, 5.41) is 16.5. The molecule has 0 aliphatic carbocycles. The molecule has 1 aromatic carbocycles. The van der Waals surface area contributed by atoms with Crippen LogP contribution in [0, 0.1) is 5.82 Å². The van der Waals surface area contributed by atoms with Crippen molar-refractivity contribution in [1.82, 2.24) is 15.5 Å². The normalized spacial score (nSPS) is 13.8. The molecule has 25 heavy (non-hydrogen) atoms. The van der Waals surface area contributed by atoms with Gasteiger partial charge in [-0.1, -0.05) is 11.3 Å². The van der Waals surface area contributed by atoms with E-state index in [4.69, 9.17) is 5.73 Å². The van der Waals surface area contributed by atoms with E-state index in [1.54, 1.807) is 13.8 Å². The number of nitrogen functional groups attached to an aromatic ring is 1. The van der Waals surface area contributed by atoms with Crippen LogP contribution in [0.1, 0.15) is 30.8 Å². The first-order valence-electron chi connectivity index (χ1n) is 7.55. The van der Waals surface area contributed by atoms with Crippen LogP contribution < -0.4 is 21.7 Å². The lowest BCUT2D eigenvalue weighted by atomic mass is 10.0. The number of nitrogens with zero attached hydrogens (tertiary/aromatic N) is 2. The van der Waals surface area contributed by atoms with Gasteiger partial charge in [0, 0.05) is 6.42 Å². The van der Waals surface area contributed by atoms with Crippen molar-refractivity contribution in [2.24, 2.45) is 0 Å².